The number of aryl methyl sites for hydroxylation is 4. The van der Waals surface area contributed by atoms with Gasteiger partial charge in [0.1, 0.15) is 0 Å². The number of thiophene rings is 1. The minimum atomic E-state index is -0.303. The number of hydrogen-bond donors (Lipinski definition) is 0. The Balaban J connectivity index is 0.000000136. The van der Waals surface area contributed by atoms with E-state index in [0.29, 0.717) is 5.75 Å². The zero-order chi connectivity index (χ0) is 25.9. The fourth-order valence-corrected chi connectivity index (χ4v) is 4.70. The topological polar surface area (TPSA) is 27.1 Å². The molecule has 0 unspecified atom stereocenters. The van der Waals surface area contributed by atoms with Crippen molar-refractivity contribution in [2.75, 3.05) is 7.11 Å². The van der Waals surface area contributed by atoms with Gasteiger partial charge in [0.15, 0.2) is 11.6 Å². The summed E-state index contributed by atoms with van der Waals surface area (Å²) in [6.45, 7) is 5.97. The van der Waals surface area contributed by atoms with Gasteiger partial charge in [0.2, 0.25) is 0 Å². The van der Waals surface area contributed by atoms with Crippen molar-refractivity contribution in [1.29, 1.82) is 0 Å². The maximum atomic E-state index is 12.7. The molecule has 0 N–H and O–H groups in total. The summed E-state index contributed by atoms with van der Waals surface area (Å²) in [7, 11) is 3.51. The van der Waals surface area contributed by atoms with Crippen molar-refractivity contribution < 1.29 is 9.13 Å². The molecular formula is C30H31FN2OS2. The largest absolute Gasteiger partial charge is 0.494 e. The molecule has 0 saturated heterocycles. The van der Waals surface area contributed by atoms with E-state index >= 15 is 0 Å². The van der Waals surface area contributed by atoms with Crippen LogP contribution in [0.15, 0.2) is 96.5 Å². The van der Waals surface area contributed by atoms with Crippen LogP contribution in [-0.4, -0.2) is 16.7 Å². The molecule has 6 aromatic rings. The number of halogens is 1. The third-order valence-electron chi connectivity index (χ3n) is 5.17. The lowest BCUT2D eigenvalue weighted by atomic mass is 10.2. The molecule has 3 heterocycles. The molecule has 0 atom stereocenters. The third kappa shape index (κ3) is 8.04. The molecule has 0 fully saturated rings. The van der Waals surface area contributed by atoms with Crippen molar-refractivity contribution in [2.45, 2.75) is 20.8 Å². The highest BCUT2D eigenvalue weighted by Gasteiger charge is 1.99. The van der Waals surface area contributed by atoms with E-state index in [1.807, 2.05) is 38.1 Å². The highest BCUT2D eigenvalue weighted by Crippen LogP contribution is 2.20. The first-order valence-electron chi connectivity index (χ1n) is 11.5. The summed E-state index contributed by atoms with van der Waals surface area (Å²) in [6.07, 6.45) is 2.07. The summed E-state index contributed by atoms with van der Waals surface area (Å²) >= 11 is 3.52. The first kappa shape index (κ1) is 27.1. The standard InChI is InChI=1S/C9H9N.C8H9FO.C8H7NS.C5H6S/c1-10-7-6-8-4-2-3-5-9(8)10;1-6-3-4-8(10-2)7(9)5-6;1-6-9-7-4-2-3-5-8(7)10-6;1-5-3-2-4-6-5/h2-7H,1H3;3-5H,1-2H3;2-5H,1H3;2-4H,1H3. The van der Waals surface area contributed by atoms with Gasteiger partial charge in [-0.3, -0.25) is 0 Å². The van der Waals surface area contributed by atoms with Crippen LogP contribution in [-0.2, 0) is 7.05 Å². The van der Waals surface area contributed by atoms with Crippen LogP contribution in [0.2, 0.25) is 0 Å². The summed E-state index contributed by atoms with van der Waals surface area (Å²) < 4.78 is 20.8. The number of rotatable bonds is 1. The van der Waals surface area contributed by atoms with Crippen molar-refractivity contribution in [1.82, 2.24) is 9.55 Å². The van der Waals surface area contributed by atoms with Crippen LogP contribution in [0.4, 0.5) is 4.39 Å². The SMILES string of the molecule is COc1ccc(C)cc1F.Cc1cccs1.Cc1nc2ccccc2s1.Cn1ccc2ccccc21. The van der Waals surface area contributed by atoms with Gasteiger partial charge in [-0.05, 0) is 79.6 Å². The number of ether oxygens (including phenoxy) is 1. The smallest absolute Gasteiger partial charge is 0.165 e. The highest BCUT2D eigenvalue weighted by atomic mass is 32.1. The second-order valence-corrected chi connectivity index (χ2v) is 10.4. The van der Waals surface area contributed by atoms with Gasteiger partial charge in [-0.25, -0.2) is 9.37 Å². The number of fused-ring (bicyclic) bond motifs is 2. The lowest BCUT2D eigenvalue weighted by Crippen LogP contribution is -1.87. The molecule has 0 aliphatic rings. The van der Waals surface area contributed by atoms with E-state index in [1.54, 1.807) is 28.7 Å². The van der Waals surface area contributed by atoms with Crippen LogP contribution in [0.3, 0.4) is 0 Å². The van der Waals surface area contributed by atoms with Crippen LogP contribution >= 0.6 is 22.7 Å². The molecule has 0 aliphatic heterocycles. The van der Waals surface area contributed by atoms with Gasteiger partial charge in [-0.1, -0.05) is 42.5 Å². The average molecular weight is 519 g/mol. The number of methoxy groups -OCH3 is 1. The fourth-order valence-electron chi connectivity index (χ4n) is 3.34. The molecule has 0 saturated carbocycles. The summed E-state index contributed by atoms with van der Waals surface area (Å²) in [5.41, 5.74) is 3.31. The second kappa shape index (κ2) is 13.6. The Morgan fingerprint density at radius 3 is 2.22 bits per heavy atom. The van der Waals surface area contributed by atoms with E-state index in [0.717, 1.165) is 16.1 Å². The average Bonchev–Trinajstić information content (AvgIpc) is 3.60. The molecule has 3 aromatic heterocycles. The van der Waals surface area contributed by atoms with Crippen molar-refractivity contribution >= 4 is 43.8 Å². The Bertz CT molecular complexity index is 1440. The van der Waals surface area contributed by atoms with Crippen LogP contribution in [0.1, 0.15) is 15.4 Å². The van der Waals surface area contributed by atoms with Gasteiger partial charge in [-0.2, -0.15) is 0 Å². The normalized spacial score (nSPS) is 9.94. The van der Waals surface area contributed by atoms with Crippen LogP contribution in [0, 0.1) is 26.6 Å². The van der Waals surface area contributed by atoms with Crippen molar-refractivity contribution in [3.8, 4) is 5.75 Å². The van der Waals surface area contributed by atoms with E-state index in [1.165, 1.54) is 33.7 Å². The summed E-state index contributed by atoms with van der Waals surface area (Å²) in [5, 5.41) is 4.53. The molecule has 6 rings (SSSR count). The number of nitrogens with zero attached hydrogens (tertiary/aromatic N) is 2. The second-order valence-electron chi connectivity index (χ2n) is 8.05. The maximum Gasteiger partial charge on any atom is 0.165 e. The van der Waals surface area contributed by atoms with Gasteiger partial charge in [0.25, 0.3) is 0 Å². The molecule has 0 amide bonds. The van der Waals surface area contributed by atoms with Crippen molar-refractivity contribution in [2.24, 2.45) is 7.05 Å². The van der Waals surface area contributed by atoms with E-state index in [-0.39, 0.29) is 5.82 Å². The predicted octanol–water partition coefficient (Wildman–Crippen LogP) is 8.98. The molecule has 3 aromatic carbocycles. The molecule has 0 bridgehead atoms. The summed E-state index contributed by atoms with van der Waals surface area (Å²) in [6, 6.07) is 27.7. The van der Waals surface area contributed by atoms with E-state index < -0.39 is 0 Å². The van der Waals surface area contributed by atoms with Crippen LogP contribution in [0.5, 0.6) is 5.75 Å². The zero-order valence-corrected chi connectivity index (χ0v) is 22.9. The predicted molar refractivity (Wildman–Crippen MR) is 154 cm³/mol. The quantitative estimate of drug-likeness (QED) is 0.217. The van der Waals surface area contributed by atoms with E-state index in [9.17, 15) is 4.39 Å². The minimum absolute atomic E-state index is 0.297. The Morgan fingerprint density at radius 1 is 0.861 bits per heavy atom. The summed E-state index contributed by atoms with van der Waals surface area (Å²) in [5.74, 6) is -0.00639. The highest BCUT2D eigenvalue weighted by molar-refractivity contribution is 7.18. The number of hydrogen-bond acceptors (Lipinski definition) is 4. The van der Waals surface area contributed by atoms with Gasteiger partial charge >= 0.3 is 0 Å². The molecular weight excluding hydrogens is 487 g/mol. The number of thiazole rings is 1. The third-order valence-corrected chi connectivity index (χ3v) is 6.92. The maximum absolute atomic E-state index is 12.7. The van der Waals surface area contributed by atoms with E-state index in [4.69, 9.17) is 4.74 Å². The number of para-hydroxylation sites is 2. The summed E-state index contributed by atoms with van der Waals surface area (Å²) in [4.78, 5) is 5.72. The molecule has 186 valence electrons. The Kier molecular flexibility index (Phi) is 10.2. The van der Waals surface area contributed by atoms with Gasteiger partial charge in [0.05, 0.1) is 22.3 Å². The minimum Gasteiger partial charge on any atom is -0.494 e. The van der Waals surface area contributed by atoms with Gasteiger partial charge in [0, 0.05) is 23.6 Å². The number of aromatic nitrogens is 2. The lowest BCUT2D eigenvalue weighted by Gasteiger charge is -2.00. The first-order valence-corrected chi connectivity index (χ1v) is 13.2. The fraction of sp³-hybridized carbons (Fsp3) is 0.167. The molecule has 6 heteroatoms. The lowest BCUT2D eigenvalue weighted by molar-refractivity contribution is 0.386. The molecule has 0 spiro atoms. The molecule has 36 heavy (non-hydrogen) atoms. The Morgan fingerprint density at radius 2 is 1.61 bits per heavy atom. The number of benzene rings is 3. The van der Waals surface area contributed by atoms with Crippen LogP contribution in [0.25, 0.3) is 21.1 Å². The van der Waals surface area contributed by atoms with Gasteiger partial charge < -0.3 is 9.30 Å². The Labute approximate surface area is 220 Å². The monoisotopic (exact) mass is 518 g/mol. The Hall–Kier alpha value is -3.48. The van der Waals surface area contributed by atoms with Gasteiger partial charge in [-0.15, -0.1) is 22.7 Å². The zero-order valence-electron chi connectivity index (χ0n) is 21.2. The van der Waals surface area contributed by atoms with Crippen molar-refractivity contribution in [3.05, 3.63) is 118 Å². The molecule has 0 radical (unpaired) electrons. The molecule has 0 aliphatic carbocycles. The van der Waals surface area contributed by atoms with E-state index in [2.05, 4.69) is 83.6 Å². The van der Waals surface area contributed by atoms with Crippen molar-refractivity contribution in [3.63, 3.8) is 0 Å². The first-order chi connectivity index (χ1) is 17.4. The van der Waals surface area contributed by atoms with Crippen LogP contribution < -0.4 is 4.74 Å². The molecule has 3 nitrogen and oxygen atoms in total.